The fraction of sp³-hybridized carbons (Fsp3) is 0.286. The van der Waals surface area contributed by atoms with E-state index in [1.807, 2.05) is 46.1 Å². The van der Waals surface area contributed by atoms with Gasteiger partial charge in [-0.2, -0.15) is 5.10 Å². The largest absolute Gasteiger partial charge is 0.314 e. The second kappa shape index (κ2) is 5.53. The van der Waals surface area contributed by atoms with Gasteiger partial charge in [-0.1, -0.05) is 12.1 Å². The van der Waals surface area contributed by atoms with Gasteiger partial charge in [-0.15, -0.1) is 0 Å². The van der Waals surface area contributed by atoms with E-state index < -0.39 is 5.41 Å². The van der Waals surface area contributed by atoms with Gasteiger partial charge < -0.3 is 4.90 Å². The van der Waals surface area contributed by atoms with Crippen LogP contribution in [0, 0.1) is 13.8 Å². The van der Waals surface area contributed by atoms with E-state index in [2.05, 4.69) is 40.3 Å². The van der Waals surface area contributed by atoms with E-state index in [-0.39, 0.29) is 5.91 Å². The van der Waals surface area contributed by atoms with E-state index in [1.54, 1.807) is 4.90 Å². The number of H-pyrrole nitrogens is 1. The zero-order valence-corrected chi connectivity index (χ0v) is 15.7. The van der Waals surface area contributed by atoms with Crippen LogP contribution in [0.25, 0.3) is 22.5 Å². The highest BCUT2D eigenvalue weighted by atomic mass is 16.2. The molecule has 0 radical (unpaired) electrons. The van der Waals surface area contributed by atoms with Crippen molar-refractivity contribution in [2.45, 2.75) is 33.1 Å². The van der Waals surface area contributed by atoms with Gasteiger partial charge in [0.15, 0.2) is 0 Å². The number of carbonyl (C=O) groups excluding carboxylic acids is 1. The first-order valence-corrected chi connectivity index (χ1v) is 8.71. The van der Waals surface area contributed by atoms with Crippen LogP contribution >= 0.6 is 0 Å². The number of aromatic nitrogens is 3. The molecule has 0 saturated heterocycles. The Hall–Kier alpha value is -2.95. The first-order valence-electron chi connectivity index (χ1n) is 8.71. The minimum atomic E-state index is -0.483. The Kier molecular flexibility index (Phi) is 3.51. The van der Waals surface area contributed by atoms with E-state index in [4.69, 9.17) is 0 Å². The highest BCUT2D eigenvalue weighted by Crippen LogP contribution is 2.43. The van der Waals surface area contributed by atoms with Crippen LogP contribution in [0.1, 0.15) is 30.7 Å². The van der Waals surface area contributed by atoms with E-state index in [1.165, 1.54) is 0 Å². The van der Waals surface area contributed by atoms with Crippen LogP contribution in [-0.4, -0.2) is 28.1 Å². The van der Waals surface area contributed by atoms with Crippen LogP contribution in [0.4, 0.5) is 5.69 Å². The molecule has 132 valence electrons. The molecule has 0 atom stereocenters. The molecule has 1 amide bonds. The highest BCUT2D eigenvalue weighted by Gasteiger charge is 2.42. The van der Waals surface area contributed by atoms with Crippen molar-refractivity contribution in [3.63, 3.8) is 0 Å². The first-order chi connectivity index (χ1) is 12.3. The lowest BCUT2D eigenvalue weighted by molar-refractivity contribution is -0.121. The molecule has 1 N–H and O–H groups in total. The summed E-state index contributed by atoms with van der Waals surface area (Å²) in [5.41, 5.74) is 7.57. The molecule has 2 aromatic heterocycles. The molecule has 0 bridgehead atoms. The molecular formula is C21H22N4O. The van der Waals surface area contributed by atoms with E-state index in [9.17, 15) is 4.79 Å². The smallest absolute Gasteiger partial charge is 0.236 e. The maximum Gasteiger partial charge on any atom is 0.236 e. The van der Waals surface area contributed by atoms with E-state index >= 15 is 0 Å². The molecule has 0 fully saturated rings. The van der Waals surface area contributed by atoms with Gasteiger partial charge in [0, 0.05) is 41.3 Å². The summed E-state index contributed by atoms with van der Waals surface area (Å²) in [5, 5.41) is 7.71. The number of aromatic amines is 1. The minimum absolute atomic E-state index is 0.122. The predicted molar refractivity (Wildman–Crippen MR) is 103 cm³/mol. The molecule has 0 saturated carbocycles. The summed E-state index contributed by atoms with van der Waals surface area (Å²) in [6.45, 7) is 7.99. The lowest BCUT2D eigenvalue weighted by Gasteiger charge is -2.16. The third kappa shape index (κ3) is 2.27. The molecule has 0 aliphatic carbocycles. The third-order valence-corrected chi connectivity index (χ3v) is 5.34. The lowest BCUT2D eigenvalue weighted by Crippen LogP contribution is -2.33. The fourth-order valence-electron chi connectivity index (χ4n) is 3.79. The molecule has 4 rings (SSSR count). The van der Waals surface area contributed by atoms with E-state index in [0.717, 1.165) is 45.0 Å². The molecule has 3 heterocycles. The third-order valence-electron chi connectivity index (χ3n) is 5.34. The van der Waals surface area contributed by atoms with Crippen molar-refractivity contribution in [1.82, 2.24) is 15.2 Å². The molecular weight excluding hydrogens is 324 g/mol. The van der Waals surface area contributed by atoms with Crippen molar-refractivity contribution in [3.05, 3.63) is 53.3 Å². The van der Waals surface area contributed by atoms with Crippen molar-refractivity contribution in [2.75, 3.05) is 11.9 Å². The van der Waals surface area contributed by atoms with Gasteiger partial charge in [0.05, 0.1) is 16.8 Å². The van der Waals surface area contributed by atoms with Crippen molar-refractivity contribution in [3.8, 4) is 22.5 Å². The van der Waals surface area contributed by atoms with Crippen LogP contribution in [0.5, 0.6) is 0 Å². The summed E-state index contributed by atoms with van der Waals surface area (Å²) < 4.78 is 0. The van der Waals surface area contributed by atoms with Crippen LogP contribution < -0.4 is 4.90 Å². The van der Waals surface area contributed by atoms with Crippen molar-refractivity contribution in [1.29, 1.82) is 0 Å². The molecule has 1 aliphatic heterocycles. The summed E-state index contributed by atoms with van der Waals surface area (Å²) in [7, 11) is 1.84. The maximum atomic E-state index is 12.5. The number of nitrogens with zero attached hydrogens (tertiary/aromatic N) is 3. The Labute approximate surface area is 153 Å². The van der Waals surface area contributed by atoms with Crippen LogP contribution in [0.2, 0.25) is 0 Å². The van der Waals surface area contributed by atoms with Gasteiger partial charge in [0.2, 0.25) is 5.91 Å². The Balaban J connectivity index is 1.80. The van der Waals surface area contributed by atoms with Crippen LogP contribution in [-0.2, 0) is 10.2 Å². The number of anilines is 1. The highest BCUT2D eigenvalue weighted by molar-refractivity contribution is 6.07. The minimum Gasteiger partial charge on any atom is -0.314 e. The average molecular weight is 346 g/mol. The summed E-state index contributed by atoms with van der Waals surface area (Å²) in [5.74, 6) is 0.122. The number of hydrogen-bond donors (Lipinski definition) is 1. The molecule has 5 heteroatoms. The lowest BCUT2D eigenvalue weighted by atomic mass is 9.85. The maximum absolute atomic E-state index is 12.5. The average Bonchev–Trinajstić information content (AvgIpc) is 3.07. The first kappa shape index (κ1) is 16.5. The molecule has 1 aliphatic rings. The second-order valence-corrected chi connectivity index (χ2v) is 7.48. The number of carbonyl (C=O) groups is 1. The predicted octanol–water partition coefficient (Wildman–Crippen LogP) is 4.01. The van der Waals surface area contributed by atoms with Crippen LogP contribution in [0.15, 0.2) is 36.5 Å². The SMILES string of the molecule is Cc1cc(-c2[nH]nc(-c3ccc4c(c3)N(C)C(=O)C4(C)C)c2C)ccn1. The van der Waals surface area contributed by atoms with Crippen LogP contribution in [0.3, 0.4) is 0 Å². The Morgan fingerprint density at radius 2 is 1.85 bits per heavy atom. The monoisotopic (exact) mass is 346 g/mol. The normalized spacial score (nSPS) is 15.4. The fourth-order valence-corrected chi connectivity index (χ4v) is 3.79. The zero-order valence-electron chi connectivity index (χ0n) is 15.7. The number of nitrogens with one attached hydrogen (secondary N) is 1. The quantitative estimate of drug-likeness (QED) is 0.762. The van der Waals surface area contributed by atoms with Gasteiger partial charge in [-0.05, 0) is 51.5 Å². The summed E-state index contributed by atoms with van der Waals surface area (Å²) in [4.78, 5) is 18.5. The number of likely N-dealkylation sites (N-methyl/N-ethyl adjacent to an activating group) is 1. The van der Waals surface area contributed by atoms with Gasteiger partial charge in [-0.25, -0.2) is 0 Å². The number of rotatable bonds is 2. The molecule has 0 unspecified atom stereocenters. The number of aryl methyl sites for hydroxylation is 1. The van der Waals surface area contributed by atoms with Gasteiger partial charge in [0.25, 0.3) is 0 Å². The summed E-state index contributed by atoms with van der Waals surface area (Å²) >= 11 is 0. The Morgan fingerprint density at radius 3 is 2.58 bits per heavy atom. The van der Waals surface area contributed by atoms with Gasteiger partial charge >= 0.3 is 0 Å². The molecule has 1 aromatic carbocycles. The zero-order chi connectivity index (χ0) is 18.6. The number of fused-ring (bicyclic) bond motifs is 1. The van der Waals surface area contributed by atoms with Gasteiger partial charge in [-0.3, -0.25) is 14.9 Å². The molecule has 5 nitrogen and oxygen atoms in total. The number of pyridine rings is 1. The standard InChI is InChI=1S/C21H22N4O/c1-12-10-15(8-9-22-12)19-13(2)18(23-24-19)14-6-7-16-17(11-14)25(5)20(26)21(16,3)4/h6-11H,1-5H3,(H,23,24). The molecule has 0 spiro atoms. The topological polar surface area (TPSA) is 61.9 Å². The Bertz CT molecular complexity index is 1030. The van der Waals surface area contributed by atoms with Crippen molar-refractivity contribution < 1.29 is 4.79 Å². The molecule has 3 aromatic rings. The second-order valence-electron chi connectivity index (χ2n) is 7.48. The summed E-state index contributed by atoms with van der Waals surface area (Å²) in [6, 6.07) is 10.2. The van der Waals surface area contributed by atoms with E-state index in [0.29, 0.717) is 0 Å². The van der Waals surface area contributed by atoms with Crippen molar-refractivity contribution in [2.24, 2.45) is 0 Å². The van der Waals surface area contributed by atoms with Gasteiger partial charge in [0.1, 0.15) is 0 Å². The van der Waals surface area contributed by atoms with Crippen molar-refractivity contribution >= 4 is 11.6 Å². The number of hydrogen-bond acceptors (Lipinski definition) is 3. The number of benzene rings is 1. The molecule has 26 heavy (non-hydrogen) atoms. The number of amides is 1. The summed E-state index contributed by atoms with van der Waals surface area (Å²) in [6.07, 6.45) is 1.81. The Morgan fingerprint density at radius 1 is 1.08 bits per heavy atom.